The van der Waals surface area contributed by atoms with E-state index in [0.717, 1.165) is 53.2 Å². The predicted octanol–water partition coefficient (Wildman–Crippen LogP) is 6.77. The summed E-state index contributed by atoms with van der Waals surface area (Å²) in [6.07, 6.45) is 5.00. The van der Waals surface area contributed by atoms with E-state index in [9.17, 15) is 42.9 Å². The molecule has 2 saturated heterocycles. The first-order chi connectivity index (χ1) is 35.5. The summed E-state index contributed by atoms with van der Waals surface area (Å²) in [5.74, 6) is -0.177. The summed E-state index contributed by atoms with van der Waals surface area (Å²) in [7, 11) is -3.60. The smallest absolute Gasteiger partial charge is 0.415 e. The second-order valence-electron chi connectivity index (χ2n) is 20.3. The molecule has 0 unspecified atom stereocenters. The zero-order valence-corrected chi connectivity index (χ0v) is 42.4. The maximum absolute atomic E-state index is 14.0. The zero-order valence-electron chi connectivity index (χ0n) is 41.6. The minimum Gasteiger partial charge on any atom is -0.508 e. The normalized spacial score (nSPS) is 18.5. The quantitative estimate of drug-likeness (QED) is 0.0979. The number of hydrogen-bond donors (Lipinski definition) is 4. The van der Waals surface area contributed by atoms with E-state index in [-0.39, 0.29) is 72.6 Å². The van der Waals surface area contributed by atoms with Crippen molar-refractivity contribution in [3.63, 3.8) is 0 Å². The van der Waals surface area contributed by atoms with Gasteiger partial charge in [0.1, 0.15) is 23.9 Å². The number of cyclic esters (lactones) is 1. The van der Waals surface area contributed by atoms with Gasteiger partial charge in [0.15, 0.2) is 11.4 Å². The van der Waals surface area contributed by atoms with Gasteiger partial charge in [-0.1, -0.05) is 27.7 Å². The lowest BCUT2D eigenvalue weighted by Crippen LogP contribution is -2.49. The van der Waals surface area contributed by atoms with Crippen LogP contribution in [0.4, 0.5) is 4.79 Å². The molecule has 4 aliphatic heterocycles. The number of carbonyl (C=O) groups excluding carboxylic acids is 2. The lowest BCUT2D eigenvalue weighted by atomic mass is 9.86. The molecule has 0 radical (unpaired) electrons. The Bertz CT molecular complexity index is 3670. The first kappa shape index (κ1) is 48.9. The van der Waals surface area contributed by atoms with Crippen molar-refractivity contribution in [2.24, 2.45) is 5.92 Å². The fraction of sp³-hybridized carbons (Fsp3) is 0.407. The van der Waals surface area contributed by atoms with Crippen molar-refractivity contribution in [3.05, 3.63) is 116 Å². The van der Waals surface area contributed by atoms with Crippen LogP contribution in [0.3, 0.4) is 0 Å². The molecule has 3 aromatic carbocycles. The third-order valence-corrected chi connectivity index (χ3v) is 18.3. The van der Waals surface area contributed by atoms with Crippen LogP contribution in [0.2, 0.25) is 0 Å². The second kappa shape index (κ2) is 18.6. The Kier molecular flexibility index (Phi) is 12.3. The van der Waals surface area contributed by atoms with Crippen molar-refractivity contribution in [2.75, 3.05) is 26.2 Å². The minimum absolute atomic E-state index is 0.0318. The number of aryl methyl sites for hydroxylation is 2. The topological polar surface area (TPSA) is 244 Å². The Balaban J connectivity index is 0.693. The highest BCUT2D eigenvalue weighted by Gasteiger charge is 2.46. The minimum atomic E-state index is -3.60. The van der Waals surface area contributed by atoms with Crippen LogP contribution in [0, 0.1) is 5.92 Å². The Labute approximate surface area is 425 Å². The van der Waals surface area contributed by atoms with Crippen molar-refractivity contribution < 1.29 is 42.8 Å². The van der Waals surface area contributed by atoms with Gasteiger partial charge in [-0.3, -0.25) is 4.79 Å². The van der Waals surface area contributed by atoms with Crippen molar-refractivity contribution in [2.45, 2.75) is 109 Å². The number of nitrogens with one attached hydrogen (secondary N) is 1. The molecule has 1 amide bonds. The van der Waals surface area contributed by atoms with E-state index in [2.05, 4.69) is 14.8 Å². The molecule has 19 nitrogen and oxygen atoms in total. The lowest BCUT2D eigenvalue weighted by molar-refractivity contribution is -0.172. The highest BCUT2D eigenvalue weighted by Crippen LogP contribution is 2.42. The van der Waals surface area contributed by atoms with Crippen molar-refractivity contribution in [1.82, 2.24) is 38.1 Å². The molecule has 386 valence electrons. The molecule has 0 aliphatic carbocycles. The van der Waals surface area contributed by atoms with Crippen molar-refractivity contribution in [3.8, 4) is 45.7 Å². The molecule has 0 spiro atoms. The number of aromatic hydroxyl groups is 2. The molecule has 7 aromatic rings. The number of likely N-dealkylation sites (tertiary alicyclic amines) is 1. The number of sulfonamides is 1. The third-order valence-electron chi connectivity index (χ3n) is 15.9. The number of nitrogens with zero attached hydrogens (tertiary/aromatic N) is 7. The van der Waals surface area contributed by atoms with Gasteiger partial charge >= 0.3 is 17.8 Å². The number of aliphatic hydroxyl groups is 1. The highest BCUT2D eigenvalue weighted by molar-refractivity contribution is 7.89. The summed E-state index contributed by atoms with van der Waals surface area (Å²) < 4.78 is 45.9. The maximum Gasteiger partial charge on any atom is 0.415 e. The molecule has 4 aliphatic rings. The molecule has 20 heteroatoms. The van der Waals surface area contributed by atoms with Crippen LogP contribution in [-0.2, 0) is 51.3 Å². The Hall–Kier alpha value is -7.29. The first-order valence-electron chi connectivity index (χ1n) is 25.4. The molecule has 74 heavy (non-hydrogen) atoms. The second-order valence-corrected chi connectivity index (χ2v) is 22.5. The summed E-state index contributed by atoms with van der Waals surface area (Å²) in [5, 5.41) is 40.2. The van der Waals surface area contributed by atoms with Crippen LogP contribution in [0.15, 0.2) is 76.4 Å². The number of hydrogen-bond acceptors (Lipinski definition) is 13. The van der Waals surface area contributed by atoms with Crippen LogP contribution in [0.1, 0.15) is 100.0 Å². The predicted molar refractivity (Wildman–Crippen MR) is 275 cm³/mol. The van der Waals surface area contributed by atoms with Gasteiger partial charge in [0.2, 0.25) is 10.0 Å². The van der Waals surface area contributed by atoms with Crippen LogP contribution in [0.25, 0.3) is 50.3 Å². The van der Waals surface area contributed by atoms with Gasteiger partial charge in [-0.05, 0) is 123 Å². The van der Waals surface area contributed by atoms with Gasteiger partial charge < -0.3 is 38.8 Å². The van der Waals surface area contributed by atoms with E-state index < -0.39 is 38.6 Å². The number of ether oxygens (including phenoxy) is 2. The average molecular weight is 1030 g/mol. The van der Waals surface area contributed by atoms with Crippen molar-refractivity contribution in [1.29, 1.82) is 0 Å². The van der Waals surface area contributed by atoms with Crippen LogP contribution >= 0.6 is 0 Å². The summed E-state index contributed by atoms with van der Waals surface area (Å²) in [6, 6.07) is 17.5. The number of aromatic nitrogens is 6. The van der Waals surface area contributed by atoms with Gasteiger partial charge in [0.05, 0.1) is 45.5 Å². The van der Waals surface area contributed by atoms with Crippen LogP contribution in [0.5, 0.6) is 17.2 Å². The number of piperidine rings is 2. The fourth-order valence-corrected chi connectivity index (χ4v) is 13.5. The molecule has 11 rings (SSSR count). The number of carbonyl (C=O) groups is 2. The van der Waals surface area contributed by atoms with E-state index in [4.69, 9.17) is 14.5 Å². The number of rotatable bonds is 11. The number of amides is 1. The van der Waals surface area contributed by atoms with Crippen LogP contribution in [-0.4, -0.2) is 105 Å². The standard InChI is InChI=1S/C54H58N8O11S/c1-5-36-38-24-34(8-9-43(38)55-48-40(36)28-61-45(48)26-42-41(50(61)65)29-72-51(66)54(42,69)6-2)73-53(68)59-19-15-35(16-20-59)74(70,71)60-21-12-31(13-22-60)11-17-58-18-14-32-23-33(7-10-44(32)58)62-49(56-57-52(62)67)39-25-37(30(3)4)46(63)27-47(39)64/h7-10,14,18,23-27,30-31,35,63-64,69H,5-6,11-13,15-17,19-22,28-29H2,1-4H3,(H,57,67)/t54-/m0/s1. The molecule has 4 aromatic heterocycles. The number of phenolic OH excluding ortho intramolecular Hbond substituents is 2. The van der Waals surface area contributed by atoms with Gasteiger partial charge in [0, 0.05) is 72.4 Å². The number of esters is 1. The molecular weight excluding hydrogens is 969 g/mol. The molecular formula is C54H58N8O11S. The zero-order chi connectivity index (χ0) is 52.0. The Morgan fingerprint density at radius 3 is 2.43 bits per heavy atom. The fourth-order valence-electron chi connectivity index (χ4n) is 11.6. The molecule has 2 fully saturated rings. The molecule has 4 N–H and O–H groups in total. The number of phenols is 2. The third kappa shape index (κ3) is 8.13. The van der Waals surface area contributed by atoms with E-state index in [0.29, 0.717) is 77.7 Å². The number of aromatic amines is 1. The average Bonchev–Trinajstić information content (AvgIpc) is 4.10. The van der Waals surface area contributed by atoms with Gasteiger partial charge in [-0.15, -0.1) is 0 Å². The SMILES string of the molecule is CCc1c2c(nc3ccc(OC(=O)N4CCC(S(=O)(=O)N5CCC(CCn6ccc7cc(-n8c(-c9cc(C(C)C)c(O)cc9O)n[nH]c8=O)ccc76)CC5)CC4)cc13)-c1cc3c(c(=O)n1C2)COC(=O)[C@]3(O)CC. The van der Waals surface area contributed by atoms with Gasteiger partial charge in [0.25, 0.3) is 5.56 Å². The van der Waals surface area contributed by atoms with Crippen molar-refractivity contribution >= 4 is 43.9 Å². The summed E-state index contributed by atoms with van der Waals surface area (Å²) >= 11 is 0. The molecule has 1 atom stereocenters. The summed E-state index contributed by atoms with van der Waals surface area (Å²) in [6.45, 7) is 9.61. The summed E-state index contributed by atoms with van der Waals surface area (Å²) in [4.78, 5) is 59.5. The van der Waals surface area contributed by atoms with E-state index >= 15 is 0 Å². The van der Waals surface area contributed by atoms with Gasteiger partial charge in [-0.2, -0.15) is 5.10 Å². The van der Waals surface area contributed by atoms with Crippen LogP contribution < -0.4 is 16.0 Å². The number of pyridine rings is 2. The van der Waals surface area contributed by atoms with E-state index in [1.54, 1.807) is 51.0 Å². The first-order valence-corrected chi connectivity index (χ1v) is 26.9. The largest absolute Gasteiger partial charge is 0.508 e. The van der Waals surface area contributed by atoms with E-state index in [1.165, 1.54) is 10.6 Å². The van der Waals surface area contributed by atoms with Gasteiger partial charge in [-0.25, -0.2) is 41.8 Å². The molecule has 0 bridgehead atoms. The number of H-pyrrole nitrogens is 1. The Morgan fingerprint density at radius 2 is 1.70 bits per heavy atom. The summed E-state index contributed by atoms with van der Waals surface area (Å²) in [5.41, 5.74) is 3.75. The van der Waals surface area contributed by atoms with E-state index in [1.807, 2.05) is 51.2 Å². The molecule has 0 saturated carbocycles. The monoisotopic (exact) mass is 1030 g/mol. The number of fused-ring (bicyclic) bond motifs is 6. The molecule has 8 heterocycles. The Morgan fingerprint density at radius 1 is 0.932 bits per heavy atom. The maximum atomic E-state index is 14.0. The lowest BCUT2D eigenvalue weighted by Gasteiger charge is -2.37. The highest BCUT2D eigenvalue weighted by atomic mass is 32.2. The number of benzene rings is 3.